The molecule has 0 unspecified atom stereocenters. The first-order valence-corrected chi connectivity index (χ1v) is 7.43. The molecule has 23 heavy (non-hydrogen) atoms. The van der Waals surface area contributed by atoms with Crippen LogP contribution in [0.15, 0.2) is 29.3 Å². The summed E-state index contributed by atoms with van der Waals surface area (Å²) < 4.78 is 1.76. The number of aromatic nitrogens is 4. The van der Waals surface area contributed by atoms with E-state index in [4.69, 9.17) is 0 Å². The Morgan fingerprint density at radius 2 is 2.04 bits per heavy atom. The van der Waals surface area contributed by atoms with Crippen molar-refractivity contribution >= 4 is 5.91 Å². The van der Waals surface area contributed by atoms with E-state index in [0.29, 0.717) is 24.5 Å². The van der Waals surface area contributed by atoms with Gasteiger partial charge in [0.25, 0.3) is 11.5 Å². The number of hydrogen-bond acceptors (Lipinski definition) is 5. The van der Waals surface area contributed by atoms with Crippen molar-refractivity contribution in [2.24, 2.45) is 0 Å². The first-order valence-electron chi connectivity index (χ1n) is 7.43. The van der Waals surface area contributed by atoms with Gasteiger partial charge in [-0.3, -0.25) is 14.3 Å². The van der Waals surface area contributed by atoms with E-state index in [0.717, 1.165) is 13.1 Å². The first kappa shape index (κ1) is 16.9. The Morgan fingerprint density at radius 3 is 2.74 bits per heavy atom. The first-order chi connectivity index (χ1) is 11.0. The molecule has 0 radical (unpaired) electrons. The van der Waals surface area contributed by atoms with Gasteiger partial charge in [-0.2, -0.15) is 5.10 Å². The van der Waals surface area contributed by atoms with Crippen molar-refractivity contribution in [2.45, 2.75) is 13.0 Å². The van der Waals surface area contributed by atoms with Crippen LogP contribution in [-0.4, -0.2) is 69.7 Å². The van der Waals surface area contributed by atoms with Crippen molar-refractivity contribution in [3.63, 3.8) is 0 Å². The molecule has 0 spiro atoms. The van der Waals surface area contributed by atoms with Crippen LogP contribution in [0.25, 0.3) is 0 Å². The summed E-state index contributed by atoms with van der Waals surface area (Å²) in [4.78, 5) is 33.9. The summed E-state index contributed by atoms with van der Waals surface area (Å²) in [6.07, 6.45) is 3.75. The zero-order chi connectivity index (χ0) is 16.8. The predicted octanol–water partition coefficient (Wildman–Crippen LogP) is -0.157. The quantitative estimate of drug-likeness (QED) is 0.767. The minimum Gasteiger partial charge on any atom is -0.340 e. The fourth-order valence-electron chi connectivity index (χ4n) is 2.01. The van der Waals surface area contributed by atoms with E-state index in [9.17, 15) is 9.59 Å². The highest BCUT2D eigenvalue weighted by molar-refractivity contribution is 5.91. The van der Waals surface area contributed by atoms with Gasteiger partial charge in [0.2, 0.25) is 0 Å². The lowest BCUT2D eigenvalue weighted by atomic mass is 10.3. The van der Waals surface area contributed by atoms with Crippen molar-refractivity contribution in [3.8, 4) is 0 Å². The maximum absolute atomic E-state index is 12.3. The number of H-pyrrole nitrogens is 1. The monoisotopic (exact) mass is 318 g/mol. The Labute approximate surface area is 134 Å². The highest BCUT2D eigenvalue weighted by Crippen LogP contribution is 2.02. The minimum absolute atomic E-state index is 0.146. The predicted molar refractivity (Wildman–Crippen MR) is 86.3 cm³/mol. The molecule has 8 heteroatoms. The smallest absolute Gasteiger partial charge is 0.274 e. The maximum Gasteiger partial charge on any atom is 0.274 e. The lowest BCUT2D eigenvalue weighted by Crippen LogP contribution is -2.30. The molecule has 0 saturated heterocycles. The molecule has 0 aliphatic rings. The van der Waals surface area contributed by atoms with Gasteiger partial charge in [-0.1, -0.05) is 0 Å². The van der Waals surface area contributed by atoms with Crippen LogP contribution < -0.4 is 5.56 Å². The molecule has 124 valence electrons. The average molecular weight is 318 g/mol. The average Bonchev–Trinajstić information content (AvgIpc) is 2.99. The molecular formula is C15H22N6O2. The van der Waals surface area contributed by atoms with Crippen molar-refractivity contribution in [2.75, 3.05) is 34.2 Å². The number of likely N-dealkylation sites (N-methyl/N-ethyl adjacent to an activating group) is 2. The molecule has 2 aromatic rings. The molecule has 0 saturated carbocycles. The van der Waals surface area contributed by atoms with E-state index in [-0.39, 0.29) is 11.5 Å². The van der Waals surface area contributed by atoms with Gasteiger partial charge in [0.1, 0.15) is 11.5 Å². The lowest BCUT2D eigenvalue weighted by molar-refractivity contribution is 0.0789. The van der Waals surface area contributed by atoms with Crippen LogP contribution >= 0.6 is 0 Å². The molecule has 0 fully saturated rings. The molecule has 0 bridgehead atoms. The molecule has 0 aliphatic carbocycles. The molecule has 0 atom stereocenters. The molecule has 2 rings (SSSR count). The number of amides is 1. The van der Waals surface area contributed by atoms with Crippen molar-refractivity contribution < 1.29 is 4.79 Å². The summed E-state index contributed by atoms with van der Waals surface area (Å²) in [6.45, 7) is 2.05. The van der Waals surface area contributed by atoms with Gasteiger partial charge in [-0.05, 0) is 20.2 Å². The Kier molecular flexibility index (Phi) is 5.64. The normalized spacial score (nSPS) is 11.0. The van der Waals surface area contributed by atoms with Gasteiger partial charge in [0.15, 0.2) is 0 Å². The molecular weight excluding hydrogens is 296 g/mol. The number of nitrogens with one attached hydrogen (secondary N) is 1. The van der Waals surface area contributed by atoms with Gasteiger partial charge in [0, 0.05) is 45.0 Å². The molecule has 8 nitrogen and oxygen atoms in total. The molecule has 0 aliphatic heterocycles. The van der Waals surface area contributed by atoms with Gasteiger partial charge >= 0.3 is 0 Å². The number of aromatic amines is 1. The third-order valence-corrected chi connectivity index (χ3v) is 3.39. The third kappa shape index (κ3) is 5.03. The Morgan fingerprint density at radius 1 is 1.26 bits per heavy atom. The van der Waals surface area contributed by atoms with Crippen LogP contribution in [0, 0.1) is 0 Å². The Balaban J connectivity index is 1.90. The third-order valence-electron chi connectivity index (χ3n) is 3.39. The summed E-state index contributed by atoms with van der Waals surface area (Å²) in [6, 6.07) is 3.08. The summed E-state index contributed by atoms with van der Waals surface area (Å²) in [5, 5.41) is 4.30. The second kappa shape index (κ2) is 7.68. The summed E-state index contributed by atoms with van der Waals surface area (Å²) in [5.74, 6) is 0.417. The number of nitrogens with zero attached hydrogens (tertiary/aromatic N) is 5. The molecule has 0 aromatic carbocycles. The largest absolute Gasteiger partial charge is 0.340 e. The summed E-state index contributed by atoms with van der Waals surface area (Å²) in [7, 11) is 5.69. The van der Waals surface area contributed by atoms with Crippen LogP contribution in [0.1, 0.15) is 16.3 Å². The van der Waals surface area contributed by atoms with Crippen LogP contribution in [0.2, 0.25) is 0 Å². The number of carbonyl (C=O) groups excluding carboxylic acids is 1. The molecule has 2 heterocycles. The van der Waals surface area contributed by atoms with Crippen LogP contribution in [0.3, 0.4) is 0 Å². The van der Waals surface area contributed by atoms with Gasteiger partial charge in [-0.15, -0.1) is 0 Å². The highest BCUT2D eigenvalue weighted by Gasteiger charge is 2.15. The number of hydrogen-bond donors (Lipinski definition) is 1. The standard InChI is InChI=1S/C15H22N6O2/c1-19(2)10-11-21-9-5-12(18-21)15(23)20(3)8-6-13-16-7-4-14(22)17-13/h4-5,7,9H,6,8,10-11H2,1-3H3,(H,16,17,22). The molecule has 2 aromatic heterocycles. The highest BCUT2D eigenvalue weighted by atomic mass is 16.2. The maximum atomic E-state index is 12.3. The van der Waals surface area contributed by atoms with E-state index >= 15 is 0 Å². The van der Waals surface area contributed by atoms with Crippen molar-refractivity contribution in [1.82, 2.24) is 29.5 Å². The zero-order valence-electron chi connectivity index (χ0n) is 13.7. The Hall–Kier alpha value is -2.48. The van der Waals surface area contributed by atoms with E-state index in [1.54, 1.807) is 28.9 Å². The fourth-order valence-corrected chi connectivity index (χ4v) is 2.01. The van der Waals surface area contributed by atoms with Crippen LogP contribution in [-0.2, 0) is 13.0 Å². The van der Waals surface area contributed by atoms with Crippen molar-refractivity contribution in [1.29, 1.82) is 0 Å². The van der Waals surface area contributed by atoms with Crippen LogP contribution in [0.4, 0.5) is 0 Å². The summed E-state index contributed by atoms with van der Waals surface area (Å²) >= 11 is 0. The minimum atomic E-state index is -0.191. The van der Waals surface area contributed by atoms with Gasteiger partial charge in [-0.25, -0.2) is 4.98 Å². The van der Waals surface area contributed by atoms with E-state index in [1.807, 2.05) is 14.1 Å². The second-order valence-corrected chi connectivity index (χ2v) is 5.62. The van der Waals surface area contributed by atoms with Gasteiger partial charge in [0.05, 0.1) is 6.54 Å². The molecule has 1 N–H and O–H groups in total. The Bertz CT molecular complexity index is 706. The summed E-state index contributed by atoms with van der Waals surface area (Å²) in [5.41, 5.74) is 0.226. The fraction of sp³-hybridized carbons (Fsp3) is 0.467. The number of carbonyl (C=O) groups is 1. The lowest BCUT2D eigenvalue weighted by Gasteiger charge is -2.15. The van der Waals surface area contributed by atoms with Gasteiger partial charge < -0.3 is 14.8 Å². The van der Waals surface area contributed by atoms with Crippen molar-refractivity contribution in [3.05, 3.63) is 46.4 Å². The van der Waals surface area contributed by atoms with E-state index in [2.05, 4.69) is 20.0 Å². The zero-order valence-corrected chi connectivity index (χ0v) is 13.7. The second-order valence-electron chi connectivity index (χ2n) is 5.62. The SMILES string of the molecule is CN(C)CCn1ccc(C(=O)N(C)CCc2nccc(=O)[nH]2)n1. The topological polar surface area (TPSA) is 87.1 Å². The van der Waals surface area contributed by atoms with E-state index in [1.165, 1.54) is 12.3 Å². The number of rotatable bonds is 7. The molecule has 1 amide bonds. The van der Waals surface area contributed by atoms with Crippen LogP contribution in [0.5, 0.6) is 0 Å². The van der Waals surface area contributed by atoms with E-state index < -0.39 is 0 Å².